The van der Waals surface area contributed by atoms with E-state index in [2.05, 4.69) is 46.8 Å². The van der Waals surface area contributed by atoms with Crippen LogP contribution in [0.2, 0.25) is 0 Å². The molecular formula is C27H42O. The van der Waals surface area contributed by atoms with Crippen molar-refractivity contribution in [2.45, 2.75) is 98.8 Å². The standard InChI is InChI=1S/C27H42O/c1-18(2)7-6-8-19(3)23-11-12-24-22-10-9-20-17-21(28)13-15-26(20,4)25(22)14-16-27(23,24)5/h9-10,18-19,23-25H,6-8,11-17H2,1-5H3/t19?,23-,24?,25?,26+,27-/m1/s1. The molecule has 0 aromatic heterocycles. The van der Waals surface area contributed by atoms with E-state index in [0.29, 0.717) is 23.5 Å². The van der Waals surface area contributed by atoms with Crippen molar-refractivity contribution in [3.63, 3.8) is 0 Å². The minimum absolute atomic E-state index is 0.264. The molecule has 0 aromatic carbocycles. The molecule has 6 atom stereocenters. The number of ketones is 1. The van der Waals surface area contributed by atoms with Crippen molar-refractivity contribution in [2.75, 3.05) is 0 Å². The van der Waals surface area contributed by atoms with Gasteiger partial charge in [0.2, 0.25) is 0 Å². The van der Waals surface area contributed by atoms with E-state index in [9.17, 15) is 4.79 Å². The van der Waals surface area contributed by atoms with Gasteiger partial charge >= 0.3 is 0 Å². The zero-order valence-electron chi connectivity index (χ0n) is 19.0. The van der Waals surface area contributed by atoms with Gasteiger partial charge in [0.1, 0.15) is 5.78 Å². The number of carbonyl (C=O) groups is 1. The first-order chi connectivity index (χ1) is 13.3. The van der Waals surface area contributed by atoms with Crippen LogP contribution >= 0.6 is 0 Å². The van der Waals surface area contributed by atoms with Gasteiger partial charge in [-0.15, -0.1) is 0 Å². The molecule has 0 aromatic rings. The van der Waals surface area contributed by atoms with Gasteiger partial charge in [-0.1, -0.05) is 77.2 Å². The zero-order valence-corrected chi connectivity index (χ0v) is 19.0. The molecule has 0 radical (unpaired) electrons. The Balaban J connectivity index is 1.54. The van der Waals surface area contributed by atoms with Gasteiger partial charge in [-0.25, -0.2) is 0 Å². The van der Waals surface area contributed by atoms with Crippen LogP contribution in [0, 0.1) is 40.4 Å². The second-order valence-electron chi connectivity index (χ2n) is 11.6. The van der Waals surface area contributed by atoms with Crippen molar-refractivity contribution in [3.05, 3.63) is 23.3 Å². The van der Waals surface area contributed by atoms with E-state index in [-0.39, 0.29) is 5.41 Å². The Morgan fingerprint density at radius 2 is 1.79 bits per heavy atom. The second kappa shape index (κ2) is 7.44. The number of carbonyl (C=O) groups excluding carboxylic acids is 1. The molecule has 0 aliphatic heterocycles. The molecule has 3 unspecified atom stereocenters. The zero-order chi connectivity index (χ0) is 20.1. The minimum Gasteiger partial charge on any atom is -0.299 e. The Bertz CT molecular complexity index is 682. The van der Waals surface area contributed by atoms with Crippen LogP contribution in [-0.2, 0) is 4.79 Å². The summed E-state index contributed by atoms with van der Waals surface area (Å²) in [6.07, 6.45) is 17.2. The van der Waals surface area contributed by atoms with Crippen LogP contribution in [0.15, 0.2) is 23.3 Å². The lowest BCUT2D eigenvalue weighted by Gasteiger charge is -2.54. The smallest absolute Gasteiger partial charge is 0.136 e. The van der Waals surface area contributed by atoms with Crippen molar-refractivity contribution >= 4 is 5.78 Å². The van der Waals surface area contributed by atoms with Gasteiger partial charge in [0, 0.05) is 12.8 Å². The van der Waals surface area contributed by atoms with Crippen LogP contribution in [0.4, 0.5) is 0 Å². The quantitative estimate of drug-likeness (QED) is 0.480. The summed E-state index contributed by atoms with van der Waals surface area (Å²) < 4.78 is 0. The molecule has 3 fully saturated rings. The van der Waals surface area contributed by atoms with Gasteiger partial charge in [0.05, 0.1) is 0 Å². The molecule has 0 spiro atoms. The molecule has 1 nitrogen and oxygen atoms in total. The van der Waals surface area contributed by atoms with Gasteiger partial charge in [0.15, 0.2) is 0 Å². The Kier molecular flexibility index (Phi) is 5.43. The molecule has 28 heavy (non-hydrogen) atoms. The van der Waals surface area contributed by atoms with Crippen molar-refractivity contribution in [1.82, 2.24) is 0 Å². The highest BCUT2D eigenvalue weighted by Crippen LogP contribution is 2.65. The average Bonchev–Trinajstić information content (AvgIpc) is 2.99. The number of Topliss-reactive ketones (excluding diaryl/α,β-unsaturated/α-hetero) is 1. The largest absolute Gasteiger partial charge is 0.299 e. The van der Waals surface area contributed by atoms with E-state index in [0.717, 1.165) is 36.5 Å². The highest BCUT2D eigenvalue weighted by atomic mass is 16.1. The normalized spacial score (nSPS) is 41.1. The van der Waals surface area contributed by atoms with Crippen molar-refractivity contribution < 1.29 is 4.79 Å². The van der Waals surface area contributed by atoms with Crippen LogP contribution < -0.4 is 0 Å². The van der Waals surface area contributed by atoms with E-state index in [1.165, 1.54) is 50.5 Å². The fourth-order valence-corrected chi connectivity index (χ4v) is 7.84. The lowest BCUT2D eigenvalue weighted by Crippen LogP contribution is -2.46. The molecule has 4 aliphatic rings. The molecular weight excluding hydrogens is 340 g/mol. The summed E-state index contributed by atoms with van der Waals surface area (Å²) in [5.74, 6) is 4.55. The van der Waals surface area contributed by atoms with E-state index in [4.69, 9.17) is 0 Å². The number of fused-ring (bicyclic) bond motifs is 5. The molecule has 156 valence electrons. The third-order valence-corrected chi connectivity index (χ3v) is 9.60. The summed E-state index contributed by atoms with van der Waals surface area (Å²) in [5.41, 5.74) is 3.98. The van der Waals surface area contributed by atoms with Crippen molar-refractivity contribution in [2.24, 2.45) is 40.4 Å². The molecule has 1 heteroatoms. The fraction of sp³-hybridized carbons (Fsp3) is 0.815. The average molecular weight is 383 g/mol. The van der Waals surface area contributed by atoms with Crippen LogP contribution in [-0.4, -0.2) is 5.78 Å². The Hall–Kier alpha value is -0.850. The Morgan fingerprint density at radius 3 is 2.54 bits per heavy atom. The molecule has 4 aliphatic carbocycles. The summed E-state index contributed by atoms with van der Waals surface area (Å²) in [6.45, 7) is 12.4. The van der Waals surface area contributed by atoms with Gasteiger partial charge in [-0.05, 0) is 72.5 Å². The summed E-state index contributed by atoms with van der Waals surface area (Å²) in [5, 5.41) is 0. The van der Waals surface area contributed by atoms with Gasteiger partial charge in [-0.3, -0.25) is 4.79 Å². The SMILES string of the molecule is CC(C)CCCC(C)[C@H]1CCC2C3=CC=C4CC(=O)CC[C@]4(C)C3CC[C@@]21C. The Morgan fingerprint density at radius 1 is 1.00 bits per heavy atom. The van der Waals surface area contributed by atoms with Crippen LogP contribution in [0.25, 0.3) is 0 Å². The second-order valence-corrected chi connectivity index (χ2v) is 11.6. The molecule has 0 amide bonds. The topological polar surface area (TPSA) is 17.1 Å². The molecule has 4 rings (SSSR count). The summed E-state index contributed by atoms with van der Waals surface area (Å²) in [7, 11) is 0. The number of rotatable bonds is 5. The molecule has 0 heterocycles. The molecule has 0 N–H and O–H groups in total. The highest BCUT2D eigenvalue weighted by molar-refractivity contribution is 5.83. The third-order valence-electron chi connectivity index (χ3n) is 9.60. The number of hydrogen-bond acceptors (Lipinski definition) is 1. The first-order valence-electron chi connectivity index (χ1n) is 12.2. The van der Waals surface area contributed by atoms with E-state index in [1.807, 2.05) is 0 Å². The van der Waals surface area contributed by atoms with Gasteiger partial charge in [0.25, 0.3) is 0 Å². The number of hydrogen-bond donors (Lipinski definition) is 0. The number of allylic oxidation sites excluding steroid dienone is 4. The maximum absolute atomic E-state index is 12.0. The van der Waals surface area contributed by atoms with Crippen molar-refractivity contribution in [1.29, 1.82) is 0 Å². The van der Waals surface area contributed by atoms with Crippen LogP contribution in [0.3, 0.4) is 0 Å². The van der Waals surface area contributed by atoms with Crippen LogP contribution in [0.1, 0.15) is 98.8 Å². The van der Waals surface area contributed by atoms with E-state index < -0.39 is 0 Å². The Labute approximate surface area is 173 Å². The molecule has 3 saturated carbocycles. The first-order valence-corrected chi connectivity index (χ1v) is 12.2. The summed E-state index contributed by atoms with van der Waals surface area (Å²) >= 11 is 0. The highest BCUT2D eigenvalue weighted by Gasteiger charge is 2.56. The van der Waals surface area contributed by atoms with Gasteiger partial charge < -0.3 is 0 Å². The maximum Gasteiger partial charge on any atom is 0.136 e. The summed E-state index contributed by atoms with van der Waals surface area (Å²) in [6, 6.07) is 0. The molecule has 0 bridgehead atoms. The maximum atomic E-state index is 12.0. The lowest BCUT2D eigenvalue weighted by molar-refractivity contribution is -0.120. The lowest BCUT2D eigenvalue weighted by atomic mass is 9.50. The summed E-state index contributed by atoms with van der Waals surface area (Å²) in [4.78, 5) is 12.0. The van der Waals surface area contributed by atoms with Gasteiger partial charge in [-0.2, -0.15) is 0 Å². The first kappa shape index (κ1) is 20.4. The third kappa shape index (κ3) is 3.25. The predicted molar refractivity (Wildman–Crippen MR) is 118 cm³/mol. The fourth-order valence-electron chi connectivity index (χ4n) is 7.84. The monoisotopic (exact) mass is 382 g/mol. The van der Waals surface area contributed by atoms with Crippen LogP contribution in [0.5, 0.6) is 0 Å². The minimum atomic E-state index is 0.264. The van der Waals surface area contributed by atoms with E-state index >= 15 is 0 Å². The molecule has 0 saturated heterocycles. The van der Waals surface area contributed by atoms with E-state index in [1.54, 1.807) is 5.57 Å². The van der Waals surface area contributed by atoms with Crippen molar-refractivity contribution in [3.8, 4) is 0 Å². The predicted octanol–water partition coefficient (Wildman–Crippen LogP) is 7.52.